The van der Waals surface area contributed by atoms with Gasteiger partial charge in [0, 0.05) is 13.0 Å². The molecule has 1 aliphatic carbocycles. The van der Waals surface area contributed by atoms with Crippen LogP contribution in [0.15, 0.2) is 23.0 Å². The van der Waals surface area contributed by atoms with E-state index in [-0.39, 0.29) is 11.6 Å². The smallest absolute Gasteiger partial charge is 0.262 e. The molecular weight excluding hydrogens is 300 g/mol. The summed E-state index contributed by atoms with van der Waals surface area (Å²) in [5.74, 6) is 1.01. The molecule has 3 rings (SSSR count). The maximum absolute atomic E-state index is 12.8. The number of benzene rings is 1. The van der Waals surface area contributed by atoms with Gasteiger partial charge in [0.1, 0.15) is 5.82 Å². The highest BCUT2D eigenvalue weighted by Gasteiger charge is 2.32. The second-order valence-electron chi connectivity index (χ2n) is 5.69. The number of fused-ring (bicyclic) bond motifs is 1. The summed E-state index contributed by atoms with van der Waals surface area (Å²) < 4.78 is 1.61. The van der Waals surface area contributed by atoms with E-state index >= 15 is 0 Å². The monoisotopic (exact) mass is 316 g/mol. The predicted octanol–water partition coefficient (Wildman–Crippen LogP) is 2.76. The molecule has 2 N–H and O–H groups in total. The Morgan fingerprint density at radius 3 is 2.95 bits per heavy atom. The first kappa shape index (κ1) is 15.0. The molecule has 0 spiro atoms. The van der Waals surface area contributed by atoms with Gasteiger partial charge in [-0.05, 0) is 37.3 Å². The molecule has 22 heavy (non-hydrogen) atoms. The fourth-order valence-corrected chi connectivity index (χ4v) is 2.94. The van der Waals surface area contributed by atoms with E-state index in [2.05, 4.69) is 11.1 Å². The molecule has 0 amide bonds. The minimum Gasteiger partial charge on any atom is -0.321 e. The lowest BCUT2D eigenvalue weighted by atomic mass is 10.1. The van der Waals surface area contributed by atoms with Crippen LogP contribution in [0.4, 0.5) is 0 Å². The van der Waals surface area contributed by atoms with Crippen LogP contribution in [0.1, 0.15) is 37.5 Å². The molecule has 0 saturated heterocycles. The fourth-order valence-electron chi connectivity index (χ4n) is 2.69. The van der Waals surface area contributed by atoms with Gasteiger partial charge in [-0.15, -0.1) is 0 Å². The Bertz CT molecular complexity index is 804. The average Bonchev–Trinajstić information content (AvgIpc) is 3.33. The van der Waals surface area contributed by atoms with Crippen molar-refractivity contribution < 1.29 is 0 Å². The van der Waals surface area contributed by atoms with Crippen molar-refractivity contribution >= 4 is 22.5 Å². The van der Waals surface area contributed by atoms with Crippen molar-refractivity contribution in [1.29, 1.82) is 5.26 Å². The molecule has 5 nitrogen and oxygen atoms in total. The van der Waals surface area contributed by atoms with Gasteiger partial charge in [0.05, 0.1) is 28.0 Å². The van der Waals surface area contributed by atoms with Gasteiger partial charge in [-0.3, -0.25) is 9.36 Å². The second kappa shape index (κ2) is 6.07. The average molecular weight is 317 g/mol. The van der Waals surface area contributed by atoms with Gasteiger partial charge in [-0.1, -0.05) is 17.7 Å². The van der Waals surface area contributed by atoms with Crippen LogP contribution >= 0.6 is 11.6 Å². The van der Waals surface area contributed by atoms with Crippen molar-refractivity contribution in [2.24, 2.45) is 11.7 Å². The number of aromatic nitrogens is 2. The molecule has 114 valence electrons. The van der Waals surface area contributed by atoms with Crippen molar-refractivity contribution in [2.75, 3.05) is 0 Å². The molecule has 2 aromatic rings. The van der Waals surface area contributed by atoms with Crippen LogP contribution in [0.3, 0.4) is 0 Å². The maximum Gasteiger partial charge on any atom is 0.262 e. The highest BCUT2D eigenvalue weighted by Crippen LogP contribution is 2.39. The van der Waals surface area contributed by atoms with E-state index in [1.165, 1.54) is 0 Å². The first-order chi connectivity index (χ1) is 10.6. The van der Waals surface area contributed by atoms with Crippen LogP contribution in [-0.4, -0.2) is 9.55 Å². The van der Waals surface area contributed by atoms with E-state index < -0.39 is 0 Å². The highest BCUT2D eigenvalue weighted by molar-refractivity contribution is 6.35. The number of rotatable bonds is 5. The summed E-state index contributed by atoms with van der Waals surface area (Å²) in [6, 6.07) is 7.11. The summed E-state index contributed by atoms with van der Waals surface area (Å²) >= 11 is 6.17. The largest absolute Gasteiger partial charge is 0.321 e. The molecule has 1 aliphatic rings. The minimum absolute atomic E-state index is 0.167. The molecule has 1 heterocycles. The number of unbranched alkanes of at least 4 members (excludes halogenated alkanes) is 1. The normalized spacial score (nSPS) is 15.7. The quantitative estimate of drug-likeness (QED) is 0.859. The summed E-state index contributed by atoms with van der Waals surface area (Å²) in [4.78, 5) is 17.4. The lowest BCUT2D eigenvalue weighted by Gasteiger charge is -2.18. The molecule has 0 unspecified atom stereocenters. The van der Waals surface area contributed by atoms with Gasteiger partial charge < -0.3 is 5.73 Å². The van der Waals surface area contributed by atoms with Gasteiger partial charge in [0.2, 0.25) is 0 Å². The first-order valence-electron chi connectivity index (χ1n) is 7.45. The van der Waals surface area contributed by atoms with Crippen LogP contribution in [0.25, 0.3) is 10.9 Å². The lowest BCUT2D eigenvalue weighted by Crippen LogP contribution is -2.30. The molecule has 0 radical (unpaired) electrons. The van der Waals surface area contributed by atoms with Crippen LogP contribution in [0, 0.1) is 17.2 Å². The highest BCUT2D eigenvalue weighted by atomic mass is 35.5. The summed E-state index contributed by atoms with van der Waals surface area (Å²) in [5.41, 5.74) is 6.70. The van der Waals surface area contributed by atoms with E-state index in [0.717, 1.165) is 12.8 Å². The van der Waals surface area contributed by atoms with E-state index in [1.807, 2.05) is 0 Å². The third kappa shape index (κ3) is 2.72. The van der Waals surface area contributed by atoms with Gasteiger partial charge in [-0.2, -0.15) is 5.26 Å². The first-order valence-corrected chi connectivity index (χ1v) is 7.82. The SMILES string of the molecule is N#CCCCn1c([C@@H](N)C2CC2)nc2cccc(Cl)c2c1=O. The third-order valence-corrected chi connectivity index (χ3v) is 4.38. The molecule has 0 aliphatic heterocycles. The second-order valence-corrected chi connectivity index (χ2v) is 6.09. The van der Waals surface area contributed by atoms with Crippen molar-refractivity contribution in [3.05, 3.63) is 39.4 Å². The van der Waals surface area contributed by atoms with Crippen molar-refractivity contribution in [3.8, 4) is 6.07 Å². The molecule has 0 bridgehead atoms. The van der Waals surface area contributed by atoms with E-state index in [9.17, 15) is 4.79 Å². The van der Waals surface area contributed by atoms with Crippen molar-refractivity contribution in [1.82, 2.24) is 9.55 Å². The summed E-state index contributed by atoms with van der Waals surface area (Å²) in [7, 11) is 0. The fraction of sp³-hybridized carbons (Fsp3) is 0.438. The Balaban J connectivity index is 2.16. The minimum atomic E-state index is -0.238. The van der Waals surface area contributed by atoms with Gasteiger partial charge in [0.15, 0.2) is 0 Å². The molecule has 6 heteroatoms. The van der Waals surface area contributed by atoms with E-state index in [4.69, 9.17) is 22.6 Å². The van der Waals surface area contributed by atoms with Crippen LogP contribution in [0.2, 0.25) is 5.02 Å². The summed E-state index contributed by atoms with van der Waals surface area (Å²) in [6.45, 7) is 0.441. The molecular formula is C16H17ClN4O. The van der Waals surface area contributed by atoms with E-state index in [1.54, 1.807) is 22.8 Å². The van der Waals surface area contributed by atoms with Crippen LogP contribution in [-0.2, 0) is 6.54 Å². The van der Waals surface area contributed by atoms with Crippen LogP contribution < -0.4 is 11.3 Å². The number of nitrogens with zero attached hydrogens (tertiary/aromatic N) is 3. The van der Waals surface area contributed by atoms with E-state index in [0.29, 0.717) is 47.1 Å². The molecule has 1 aromatic carbocycles. The lowest BCUT2D eigenvalue weighted by molar-refractivity contribution is 0.511. The Hall–Kier alpha value is -1.90. The zero-order valence-corrected chi connectivity index (χ0v) is 12.9. The molecule has 1 atom stereocenters. The van der Waals surface area contributed by atoms with Crippen LogP contribution in [0.5, 0.6) is 0 Å². The molecule has 1 fully saturated rings. The third-order valence-electron chi connectivity index (χ3n) is 4.06. The zero-order chi connectivity index (χ0) is 15.7. The van der Waals surface area contributed by atoms with Crippen molar-refractivity contribution in [2.45, 2.75) is 38.3 Å². The Morgan fingerprint density at radius 2 is 2.27 bits per heavy atom. The van der Waals surface area contributed by atoms with Gasteiger partial charge >= 0.3 is 0 Å². The standard InChI is InChI=1S/C16H17ClN4O/c17-11-4-3-5-12-13(11)16(22)21(9-2-1-8-18)15(20-12)14(19)10-6-7-10/h3-5,10,14H,1-2,6-7,9,19H2/t14-/m0/s1. The topological polar surface area (TPSA) is 84.7 Å². The Kier molecular flexibility index (Phi) is 4.14. The number of hydrogen-bond donors (Lipinski definition) is 1. The number of halogens is 1. The number of nitrogens with two attached hydrogens (primary N) is 1. The zero-order valence-electron chi connectivity index (χ0n) is 12.1. The summed E-state index contributed by atoms with van der Waals surface area (Å²) in [6.07, 6.45) is 3.13. The predicted molar refractivity (Wildman–Crippen MR) is 85.5 cm³/mol. The molecule has 1 saturated carbocycles. The number of nitriles is 1. The van der Waals surface area contributed by atoms with Crippen molar-refractivity contribution in [3.63, 3.8) is 0 Å². The molecule has 1 aromatic heterocycles. The number of hydrogen-bond acceptors (Lipinski definition) is 4. The Labute approximate surface area is 133 Å². The summed E-state index contributed by atoms with van der Waals surface area (Å²) in [5, 5.41) is 9.53. The van der Waals surface area contributed by atoms with Gasteiger partial charge in [-0.25, -0.2) is 4.98 Å². The Morgan fingerprint density at radius 1 is 1.50 bits per heavy atom. The van der Waals surface area contributed by atoms with Gasteiger partial charge in [0.25, 0.3) is 5.56 Å². The maximum atomic E-state index is 12.8.